The maximum atomic E-state index is 5.59. The number of rotatable bonds is 3. The second kappa shape index (κ2) is 3.92. The molecule has 1 aromatic heterocycles. The summed E-state index contributed by atoms with van der Waals surface area (Å²) in [6.45, 7) is 4.97. The Morgan fingerprint density at radius 1 is 1.67 bits per heavy atom. The summed E-state index contributed by atoms with van der Waals surface area (Å²) in [5.74, 6) is 0. The summed E-state index contributed by atoms with van der Waals surface area (Å²) in [5.41, 5.74) is 6.93. The number of likely N-dealkylation sites (N-methyl/N-ethyl adjacent to an activating group) is 1. The van der Waals surface area contributed by atoms with Crippen molar-refractivity contribution < 1.29 is 0 Å². The first-order valence-electron chi connectivity index (χ1n) is 4.13. The summed E-state index contributed by atoms with van der Waals surface area (Å²) >= 11 is 1.77. The van der Waals surface area contributed by atoms with E-state index in [9.17, 15) is 0 Å². The van der Waals surface area contributed by atoms with E-state index in [-0.39, 0.29) is 0 Å². The highest BCUT2D eigenvalue weighted by molar-refractivity contribution is 7.14. The van der Waals surface area contributed by atoms with Gasteiger partial charge in [0.2, 0.25) is 0 Å². The Balaban J connectivity index is 2.77. The second-order valence-corrected chi connectivity index (χ2v) is 4.00. The zero-order chi connectivity index (χ0) is 9.14. The number of hydrogen-bond donors (Lipinski definition) is 1. The van der Waals surface area contributed by atoms with Crippen LogP contribution in [0.3, 0.4) is 0 Å². The summed E-state index contributed by atoms with van der Waals surface area (Å²) < 4.78 is 0. The summed E-state index contributed by atoms with van der Waals surface area (Å²) in [4.78, 5) is 2.24. The van der Waals surface area contributed by atoms with Crippen LogP contribution in [0.15, 0.2) is 11.4 Å². The molecule has 1 rings (SSSR count). The molecule has 0 saturated carbocycles. The Hall–Kier alpha value is -0.540. The molecule has 0 aliphatic rings. The van der Waals surface area contributed by atoms with Crippen LogP contribution in [0, 0.1) is 6.92 Å². The average Bonchev–Trinajstić information content (AvgIpc) is 2.48. The van der Waals surface area contributed by atoms with E-state index in [0.717, 1.165) is 0 Å². The minimum absolute atomic E-state index is 0.419. The number of thiophene rings is 1. The molecule has 0 saturated heterocycles. The summed E-state index contributed by atoms with van der Waals surface area (Å²) in [7, 11) is 2.09. The van der Waals surface area contributed by atoms with Crippen molar-refractivity contribution in [1.82, 2.24) is 0 Å². The molecule has 2 N–H and O–H groups in total. The van der Waals surface area contributed by atoms with Gasteiger partial charge in [0, 0.05) is 19.6 Å². The monoisotopic (exact) mass is 184 g/mol. The van der Waals surface area contributed by atoms with Gasteiger partial charge in [-0.05, 0) is 30.9 Å². The molecule has 2 nitrogen and oxygen atoms in total. The highest BCUT2D eigenvalue weighted by atomic mass is 32.1. The lowest BCUT2D eigenvalue weighted by Gasteiger charge is -2.24. The minimum atomic E-state index is 0.419. The van der Waals surface area contributed by atoms with Crippen molar-refractivity contribution in [2.45, 2.75) is 19.9 Å². The highest BCUT2D eigenvalue weighted by Crippen LogP contribution is 2.26. The van der Waals surface area contributed by atoms with Gasteiger partial charge in [0.15, 0.2) is 0 Å². The molecule has 1 heterocycles. The van der Waals surface area contributed by atoms with E-state index >= 15 is 0 Å². The number of anilines is 1. The van der Waals surface area contributed by atoms with Crippen molar-refractivity contribution in [2.75, 3.05) is 18.5 Å². The largest absolute Gasteiger partial charge is 0.362 e. The summed E-state index contributed by atoms with van der Waals surface area (Å²) in [6, 6.07) is 2.56. The third kappa shape index (κ3) is 1.79. The molecule has 68 valence electrons. The topological polar surface area (TPSA) is 29.3 Å². The van der Waals surface area contributed by atoms with E-state index in [2.05, 4.69) is 37.2 Å². The zero-order valence-electron chi connectivity index (χ0n) is 7.87. The first-order chi connectivity index (χ1) is 5.66. The van der Waals surface area contributed by atoms with Crippen molar-refractivity contribution in [3.8, 4) is 0 Å². The Labute approximate surface area is 78.0 Å². The first kappa shape index (κ1) is 9.55. The lowest BCUT2D eigenvalue weighted by atomic mass is 10.3. The molecule has 0 aliphatic heterocycles. The van der Waals surface area contributed by atoms with E-state index in [1.54, 1.807) is 11.3 Å². The second-order valence-electron chi connectivity index (χ2n) is 3.10. The molecule has 0 radical (unpaired) electrons. The van der Waals surface area contributed by atoms with Crippen LogP contribution in [-0.4, -0.2) is 19.6 Å². The minimum Gasteiger partial charge on any atom is -0.362 e. The van der Waals surface area contributed by atoms with Crippen LogP contribution in [0.25, 0.3) is 0 Å². The van der Waals surface area contributed by atoms with Gasteiger partial charge in [0.25, 0.3) is 0 Å². The Morgan fingerprint density at radius 3 is 2.75 bits per heavy atom. The van der Waals surface area contributed by atoms with E-state index in [0.29, 0.717) is 12.6 Å². The van der Waals surface area contributed by atoms with Crippen LogP contribution < -0.4 is 10.6 Å². The molecule has 3 heteroatoms. The molecule has 0 amide bonds. The molecule has 1 aromatic rings. The van der Waals surface area contributed by atoms with Crippen LogP contribution in [0.4, 0.5) is 5.00 Å². The average molecular weight is 184 g/mol. The SMILES string of the molecule is Cc1ccsc1N(C)C(C)CN. The first-order valence-corrected chi connectivity index (χ1v) is 5.01. The van der Waals surface area contributed by atoms with Gasteiger partial charge in [-0.25, -0.2) is 0 Å². The van der Waals surface area contributed by atoms with Gasteiger partial charge in [0.05, 0.1) is 5.00 Å². The van der Waals surface area contributed by atoms with Crippen LogP contribution in [0.5, 0.6) is 0 Å². The third-order valence-corrected chi connectivity index (χ3v) is 3.26. The molecule has 0 fully saturated rings. The fraction of sp³-hybridized carbons (Fsp3) is 0.556. The van der Waals surface area contributed by atoms with E-state index in [1.807, 2.05) is 0 Å². The lowest BCUT2D eigenvalue weighted by Crippen LogP contribution is -2.35. The molecule has 0 spiro atoms. The Bertz CT molecular complexity index is 244. The normalized spacial score (nSPS) is 13.0. The van der Waals surface area contributed by atoms with Crippen molar-refractivity contribution in [1.29, 1.82) is 0 Å². The van der Waals surface area contributed by atoms with Crippen molar-refractivity contribution in [3.05, 3.63) is 17.0 Å². The van der Waals surface area contributed by atoms with E-state index in [1.165, 1.54) is 10.6 Å². The van der Waals surface area contributed by atoms with Gasteiger partial charge in [0.1, 0.15) is 0 Å². The van der Waals surface area contributed by atoms with E-state index in [4.69, 9.17) is 5.73 Å². The molecule has 0 bridgehead atoms. The highest BCUT2D eigenvalue weighted by Gasteiger charge is 2.10. The van der Waals surface area contributed by atoms with Gasteiger partial charge in [-0.1, -0.05) is 0 Å². The fourth-order valence-corrected chi connectivity index (χ4v) is 2.09. The smallest absolute Gasteiger partial charge is 0.0938 e. The van der Waals surface area contributed by atoms with Crippen LogP contribution in [0.2, 0.25) is 0 Å². The predicted octanol–water partition coefficient (Wildman–Crippen LogP) is 1.84. The van der Waals surface area contributed by atoms with Crippen molar-refractivity contribution in [3.63, 3.8) is 0 Å². The molecule has 1 atom stereocenters. The summed E-state index contributed by atoms with van der Waals surface area (Å²) in [6.07, 6.45) is 0. The van der Waals surface area contributed by atoms with Gasteiger partial charge in [-0.3, -0.25) is 0 Å². The quantitative estimate of drug-likeness (QED) is 0.776. The molecule has 1 unspecified atom stereocenters. The standard InChI is InChI=1S/C9H16N2S/c1-7-4-5-12-9(7)11(3)8(2)6-10/h4-5,8H,6,10H2,1-3H3. The van der Waals surface area contributed by atoms with E-state index < -0.39 is 0 Å². The number of hydrogen-bond acceptors (Lipinski definition) is 3. The van der Waals surface area contributed by atoms with Crippen LogP contribution >= 0.6 is 11.3 Å². The van der Waals surface area contributed by atoms with Gasteiger partial charge in [-0.2, -0.15) is 0 Å². The number of aryl methyl sites for hydroxylation is 1. The maximum Gasteiger partial charge on any atom is 0.0938 e. The molecule has 0 aliphatic carbocycles. The number of nitrogens with two attached hydrogens (primary N) is 1. The zero-order valence-corrected chi connectivity index (χ0v) is 8.69. The Kier molecular flexibility index (Phi) is 3.12. The van der Waals surface area contributed by atoms with Gasteiger partial charge < -0.3 is 10.6 Å². The summed E-state index contributed by atoms with van der Waals surface area (Å²) in [5, 5.41) is 3.44. The third-order valence-electron chi connectivity index (χ3n) is 2.16. The van der Waals surface area contributed by atoms with Crippen molar-refractivity contribution in [2.24, 2.45) is 5.73 Å². The van der Waals surface area contributed by atoms with Gasteiger partial charge >= 0.3 is 0 Å². The predicted molar refractivity (Wildman–Crippen MR) is 56.0 cm³/mol. The molecular weight excluding hydrogens is 168 g/mol. The number of nitrogens with zero attached hydrogens (tertiary/aromatic N) is 1. The maximum absolute atomic E-state index is 5.59. The van der Waals surface area contributed by atoms with Crippen LogP contribution in [-0.2, 0) is 0 Å². The fourth-order valence-electron chi connectivity index (χ4n) is 1.08. The Morgan fingerprint density at radius 2 is 2.33 bits per heavy atom. The lowest BCUT2D eigenvalue weighted by molar-refractivity contribution is 0.699. The van der Waals surface area contributed by atoms with Crippen molar-refractivity contribution >= 4 is 16.3 Å². The molecule has 12 heavy (non-hydrogen) atoms. The molecular formula is C9H16N2S. The van der Waals surface area contributed by atoms with Gasteiger partial charge in [-0.15, -0.1) is 11.3 Å². The molecule has 0 aromatic carbocycles. The van der Waals surface area contributed by atoms with Crippen LogP contribution in [0.1, 0.15) is 12.5 Å².